The lowest BCUT2D eigenvalue weighted by Crippen LogP contribution is -2.37. The van der Waals surface area contributed by atoms with Crippen LogP contribution in [0.2, 0.25) is 0 Å². The predicted octanol–water partition coefficient (Wildman–Crippen LogP) is 7.14. The highest BCUT2D eigenvalue weighted by atomic mass is 19.1. The summed E-state index contributed by atoms with van der Waals surface area (Å²) in [6.45, 7) is 22.7. The number of hydrogen-bond donors (Lipinski definition) is 2. The molecular weight excluding hydrogens is 373 g/mol. The largest absolute Gasteiger partial charge is 0.368 e. The van der Waals surface area contributed by atoms with E-state index in [9.17, 15) is 0 Å². The molecule has 4 heteroatoms. The highest BCUT2D eigenvalue weighted by Gasteiger charge is 2.24. The van der Waals surface area contributed by atoms with Crippen molar-refractivity contribution in [3.63, 3.8) is 0 Å². The molecule has 0 fully saturated rings. The Morgan fingerprint density at radius 2 is 1.63 bits per heavy atom. The number of nitrogens with zero attached hydrogens (tertiary/aromatic N) is 1. The number of halogens is 1. The molecule has 0 aliphatic rings. The van der Waals surface area contributed by atoms with Crippen LogP contribution in [0.15, 0.2) is 67.1 Å². The van der Waals surface area contributed by atoms with E-state index in [0.717, 1.165) is 22.5 Å². The van der Waals surface area contributed by atoms with Gasteiger partial charge in [-0.2, -0.15) is 0 Å². The predicted molar refractivity (Wildman–Crippen MR) is 128 cm³/mol. The molecule has 0 saturated carbocycles. The van der Waals surface area contributed by atoms with Gasteiger partial charge in [0.15, 0.2) is 0 Å². The van der Waals surface area contributed by atoms with E-state index in [4.69, 9.17) is 0 Å². The minimum Gasteiger partial charge on any atom is -0.368 e. The summed E-state index contributed by atoms with van der Waals surface area (Å²) in [5, 5.41) is 6.29. The van der Waals surface area contributed by atoms with Crippen molar-refractivity contribution >= 4 is 11.4 Å². The Morgan fingerprint density at radius 1 is 1.03 bits per heavy atom. The average Bonchev–Trinajstić information content (AvgIpc) is 2.64. The van der Waals surface area contributed by atoms with E-state index in [1.54, 1.807) is 6.07 Å². The van der Waals surface area contributed by atoms with Gasteiger partial charge < -0.3 is 15.5 Å². The molecule has 0 amide bonds. The molecule has 2 N–H and O–H groups in total. The highest BCUT2D eigenvalue weighted by molar-refractivity contribution is 5.66. The zero-order valence-electron chi connectivity index (χ0n) is 19.4. The lowest BCUT2D eigenvalue weighted by Gasteiger charge is -2.36. The summed E-state index contributed by atoms with van der Waals surface area (Å²) in [7, 11) is 0. The molecular formula is C26H36FN3. The maximum absolute atomic E-state index is 15.1. The first-order valence-electron chi connectivity index (χ1n) is 10.5. The Labute approximate surface area is 181 Å². The van der Waals surface area contributed by atoms with Crippen molar-refractivity contribution < 1.29 is 4.39 Å². The van der Waals surface area contributed by atoms with Gasteiger partial charge in [0.25, 0.3) is 0 Å². The number of benzene rings is 2. The van der Waals surface area contributed by atoms with Gasteiger partial charge in [-0.15, -0.1) is 0 Å². The fraction of sp³-hybridized carbons (Fsp3) is 0.385. The van der Waals surface area contributed by atoms with Crippen LogP contribution in [0.1, 0.15) is 58.7 Å². The van der Waals surface area contributed by atoms with E-state index < -0.39 is 0 Å². The maximum Gasteiger partial charge on any atom is 0.148 e. The smallest absolute Gasteiger partial charge is 0.148 e. The Hall–Kier alpha value is -2.75. The first kappa shape index (κ1) is 23.5. The van der Waals surface area contributed by atoms with E-state index in [-0.39, 0.29) is 23.3 Å². The molecule has 0 saturated heterocycles. The molecule has 0 bridgehead atoms. The van der Waals surface area contributed by atoms with Gasteiger partial charge in [-0.05, 0) is 63.8 Å². The number of anilines is 2. The van der Waals surface area contributed by atoms with Gasteiger partial charge in [0.2, 0.25) is 0 Å². The first-order chi connectivity index (χ1) is 13.9. The molecule has 0 aliphatic heterocycles. The molecule has 2 aromatic rings. The maximum atomic E-state index is 15.1. The molecule has 0 unspecified atom stereocenters. The van der Waals surface area contributed by atoms with Crippen LogP contribution in [0.25, 0.3) is 0 Å². The molecule has 0 aliphatic carbocycles. The second-order valence-electron chi connectivity index (χ2n) is 9.20. The number of nitrogens with one attached hydrogen (secondary N) is 2. The molecule has 2 aromatic carbocycles. The molecule has 2 rings (SSSR count). The molecule has 0 aromatic heterocycles. The van der Waals surface area contributed by atoms with Crippen molar-refractivity contribution in [2.24, 2.45) is 5.92 Å². The topological polar surface area (TPSA) is 27.3 Å². The second-order valence-corrected chi connectivity index (χ2v) is 9.20. The van der Waals surface area contributed by atoms with Crippen LogP contribution in [-0.2, 0) is 0 Å². The third kappa shape index (κ3) is 5.88. The van der Waals surface area contributed by atoms with E-state index in [2.05, 4.69) is 61.6 Å². The quantitative estimate of drug-likeness (QED) is 0.485. The van der Waals surface area contributed by atoms with Crippen molar-refractivity contribution in [3.05, 3.63) is 84.1 Å². The normalized spacial score (nSPS) is 12.4. The fourth-order valence-corrected chi connectivity index (χ4v) is 3.44. The van der Waals surface area contributed by atoms with E-state index in [1.165, 1.54) is 0 Å². The van der Waals surface area contributed by atoms with E-state index >= 15 is 4.39 Å². The van der Waals surface area contributed by atoms with Gasteiger partial charge in [0, 0.05) is 16.9 Å². The summed E-state index contributed by atoms with van der Waals surface area (Å²) in [6.07, 6.45) is 0. The number of rotatable bonds is 8. The van der Waals surface area contributed by atoms with Crippen molar-refractivity contribution in [2.45, 2.75) is 60.0 Å². The summed E-state index contributed by atoms with van der Waals surface area (Å²) in [5.41, 5.74) is 4.14. The highest BCUT2D eigenvalue weighted by Crippen LogP contribution is 2.37. The third-order valence-electron chi connectivity index (χ3n) is 5.00. The van der Waals surface area contributed by atoms with Gasteiger partial charge >= 0.3 is 0 Å². The summed E-state index contributed by atoms with van der Waals surface area (Å²) in [5.74, 6) is 0.469. The van der Waals surface area contributed by atoms with Crippen LogP contribution in [0, 0.1) is 18.7 Å². The van der Waals surface area contributed by atoms with E-state index in [0.29, 0.717) is 11.5 Å². The zero-order valence-corrected chi connectivity index (χ0v) is 19.4. The van der Waals surface area contributed by atoms with Crippen molar-refractivity contribution in [3.8, 4) is 0 Å². The molecule has 1 atom stereocenters. The minimum absolute atomic E-state index is 0.0236. The molecule has 162 valence electrons. The van der Waals surface area contributed by atoms with Crippen LogP contribution >= 0.6 is 0 Å². The summed E-state index contributed by atoms with van der Waals surface area (Å²) in [6, 6.07) is 13.7. The van der Waals surface area contributed by atoms with Crippen molar-refractivity contribution in [1.82, 2.24) is 5.32 Å². The number of hydrogen-bond acceptors (Lipinski definition) is 3. The summed E-state index contributed by atoms with van der Waals surface area (Å²) in [4.78, 5) is 2.14. The van der Waals surface area contributed by atoms with Gasteiger partial charge in [0.1, 0.15) is 5.82 Å². The molecule has 30 heavy (non-hydrogen) atoms. The van der Waals surface area contributed by atoms with Gasteiger partial charge in [-0.3, -0.25) is 0 Å². The Bertz CT molecular complexity index is 894. The lowest BCUT2D eigenvalue weighted by molar-refractivity contribution is 0.475. The van der Waals surface area contributed by atoms with Crippen LogP contribution in [0.4, 0.5) is 15.8 Å². The zero-order chi connectivity index (χ0) is 22.6. The summed E-state index contributed by atoms with van der Waals surface area (Å²) < 4.78 is 15.1. The van der Waals surface area contributed by atoms with Gasteiger partial charge in [0.05, 0.1) is 17.6 Å². The SMILES string of the molecule is C=C(Nc1cc(C)c(N(C(=C)C(C)C)[C@@H](C)c2ccccc2)cc1F)NC(C)(C)C. The molecule has 0 spiro atoms. The summed E-state index contributed by atoms with van der Waals surface area (Å²) >= 11 is 0. The first-order valence-corrected chi connectivity index (χ1v) is 10.5. The average molecular weight is 410 g/mol. The minimum atomic E-state index is -0.325. The van der Waals surface area contributed by atoms with Crippen molar-refractivity contribution in [1.29, 1.82) is 0 Å². The standard InChI is InChI=1S/C26H36FN3/c1-17(2)19(4)30(20(5)22-13-11-10-12-14-22)25-16-23(27)24(15-18(25)3)28-21(6)29-26(7,8)9/h10-17,20,28-29H,4,6H2,1-3,5,7-9H3/t20-/m0/s1. The Morgan fingerprint density at radius 3 is 2.17 bits per heavy atom. The second kappa shape index (κ2) is 9.38. The lowest BCUT2D eigenvalue weighted by atomic mass is 10.00. The van der Waals surface area contributed by atoms with Gasteiger partial charge in [-0.1, -0.05) is 57.3 Å². The van der Waals surface area contributed by atoms with E-state index in [1.807, 2.05) is 52.0 Å². The third-order valence-corrected chi connectivity index (χ3v) is 5.00. The van der Waals surface area contributed by atoms with Crippen LogP contribution in [-0.4, -0.2) is 5.54 Å². The Kier molecular flexibility index (Phi) is 7.35. The number of allylic oxidation sites excluding steroid dienone is 1. The number of aryl methyl sites for hydroxylation is 1. The monoisotopic (exact) mass is 409 g/mol. The Balaban J connectivity index is 2.43. The van der Waals surface area contributed by atoms with Crippen LogP contribution in [0.5, 0.6) is 0 Å². The fourth-order valence-electron chi connectivity index (χ4n) is 3.44. The van der Waals surface area contributed by atoms with Crippen molar-refractivity contribution in [2.75, 3.05) is 10.2 Å². The molecule has 0 heterocycles. The van der Waals surface area contributed by atoms with Gasteiger partial charge in [-0.25, -0.2) is 4.39 Å². The van der Waals surface area contributed by atoms with Crippen LogP contribution < -0.4 is 15.5 Å². The van der Waals surface area contributed by atoms with Crippen LogP contribution in [0.3, 0.4) is 0 Å². The molecule has 0 radical (unpaired) electrons. The molecule has 3 nitrogen and oxygen atoms in total.